The van der Waals surface area contributed by atoms with E-state index in [4.69, 9.17) is 10.5 Å². The van der Waals surface area contributed by atoms with Crippen LogP contribution in [0.5, 0.6) is 0 Å². The van der Waals surface area contributed by atoms with Crippen molar-refractivity contribution in [2.24, 2.45) is 5.73 Å². The zero-order valence-corrected chi connectivity index (χ0v) is 11.0. The lowest BCUT2D eigenvalue weighted by atomic mass is 10.1. The number of hydrogen-bond acceptors (Lipinski definition) is 3. The van der Waals surface area contributed by atoms with Crippen molar-refractivity contribution in [3.05, 3.63) is 48.0 Å². The standard InChI is InChI=1S/C15H20N2O2/c1-12-10-17(9-5-8-14(12)16)15(18)19-11-13-6-3-2-4-7-13/h2-4,6-7,14H,1,5,8-11,16H2/t14-/m0/s1. The topological polar surface area (TPSA) is 55.6 Å². The van der Waals surface area contributed by atoms with E-state index in [1.807, 2.05) is 30.3 Å². The van der Waals surface area contributed by atoms with Crippen molar-refractivity contribution in [1.29, 1.82) is 0 Å². The Morgan fingerprint density at radius 1 is 1.42 bits per heavy atom. The van der Waals surface area contributed by atoms with E-state index < -0.39 is 0 Å². The van der Waals surface area contributed by atoms with Crippen LogP contribution in [0.4, 0.5) is 4.79 Å². The molecule has 1 heterocycles. The van der Waals surface area contributed by atoms with Gasteiger partial charge in [0.1, 0.15) is 6.61 Å². The van der Waals surface area contributed by atoms with Gasteiger partial charge in [0, 0.05) is 19.1 Å². The number of rotatable bonds is 2. The third-order valence-electron chi connectivity index (χ3n) is 3.32. The number of amides is 1. The molecule has 0 saturated carbocycles. The summed E-state index contributed by atoms with van der Waals surface area (Å²) in [5.41, 5.74) is 7.81. The maximum Gasteiger partial charge on any atom is 0.410 e. The minimum atomic E-state index is -0.292. The highest BCUT2D eigenvalue weighted by molar-refractivity contribution is 5.68. The first-order valence-corrected chi connectivity index (χ1v) is 6.55. The molecule has 1 aromatic rings. The van der Waals surface area contributed by atoms with Gasteiger partial charge in [0.05, 0.1) is 0 Å². The molecule has 0 aromatic heterocycles. The molecule has 19 heavy (non-hydrogen) atoms. The van der Waals surface area contributed by atoms with Gasteiger partial charge in [0.15, 0.2) is 0 Å². The quantitative estimate of drug-likeness (QED) is 0.830. The Kier molecular flexibility index (Phi) is 4.58. The zero-order valence-electron chi connectivity index (χ0n) is 11.0. The van der Waals surface area contributed by atoms with Crippen LogP contribution < -0.4 is 5.73 Å². The van der Waals surface area contributed by atoms with Gasteiger partial charge in [-0.2, -0.15) is 0 Å². The van der Waals surface area contributed by atoms with Crippen LogP contribution in [0.25, 0.3) is 0 Å². The van der Waals surface area contributed by atoms with Crippen LogP contribution in [0.1, 0.15) is 18.4 Å². The lowest BCUT2D eigenvalue weighted by Crippen LogP contribution is -2.34. The van der Waals surface area contributed by atoms with Crippen LogP contribution in [0.2, 0.25) is 0 Å². The fraction of sp³-hybridized carbons (Fsp3) is 0.400. The van der Waals surface area contributed by atoms with Gasteiger partial charge in [0.25, 0.3) is 0 Å². The molecule has 4 nitrogen and oxygen atoms in total. The van der Waals surface area contributed by atoms with Crippen LogP contribution in [-0.4, -0.2) is 30.1 Å². The smallest absolute Gasteiger partial charge is 0.410 e. The summed E-state index contributed by atoms with van der Waals surface area (Å²) >= 11 is 0. The largest absolute Gasteiger partial charge is 0.445 e. The summed E-state index contributed by atoms with van der Waals surface area (Å²) in [6.07, 6.45) is 1.47. The van der Waals surface area contributed by atoms with Gasteiger partial charge in [-0.05, 0) is 24.0 Å². The number of benzene rings is 1. The third-order valence-corrected chi connectivity index (χ3v) is 3.32. The minimum Gasteiger partial charge on any atom is -0.445 e. The van der Waals surface area contributed by atoms with Crippen LogP contribution in [-0.2, 0) is 11.3 Å². The predicted octanol–water partition coefficient (Wildman–Crippen LogP) is 2.30. The van der Waals surface area contributed by atoms with Gasteiger partial charge >= 0.3 is 6.09 Å². The van der Waals surface area contributed by atoms with E-state index in [1.165, 1.54) is 0 Å². The van der Waals surface area contributed by atoms with Crippen molar-refractivity contribution >= 4 is 6.09 Å². The van der Waals surface area contributed by atoms with E-state index in [0.717, 1.165) is 24.0 Å². The summed E-state index contributed by atoms with van der Waals surface area (Å²) in [6, 6.07) is 9.65. The highest BCUT2D eigenvalue weighted by atomic mass is 16.6. The average molecular weight is 260 g/mol. The summed E-state index contributed by atoms with van der Waals surface area (Å²) in [5.74, 6) is 0. The molecule has 1 amide bonds. The number of carbonyl (C=O) groups excluding carboxylic acids is 1. The first kappa shape index (κ1) is 13.6. The van der Waals surface area contributed by atoms with Crippen molar-refractivity contribution < 1.29 is 9.53 Å². The lowest BCUT2D eigenvalue weighted by molar-refractivity contribution is 0.1000. The minimum absolute atomic E-state index is 0.00748. The first-order valence-electron chi connectivity index (χ1n) is 6.55. The molecule has 1 atom stereocenters. The van der Waals surface area contributed by atoms with E-state index >= 15 is 0 Å². The molecule has 0 unspecified atom stereocenters. The number of nitrogens with zero attached hydrogens (tertiary/aromatic N) is 1. The lowest BCUT2D eigenvalue weighted by Gasteiger charge is -2.20. The Bertz CT molecular complexity index is 445. The summed E-state index contributed by atoms with van der Waals surface area (Å²) in [6.45, 7) is 5.41. The molecule has 1 fully saturated rings. The Labute approximate surface area is 113 Å². The van der Waals surface area contributed by atoms with E-state index in [-0.39, 0.29) is 12.1 Å². The van der Waals surface area contributed by atoms with Crippen molar-refractivity contribution in [1.82, 2.24) is 4.90 Å². The predicted molar refractivity (Wildman–Crippen MR) is 74.5 cm³/mol. The molecule has 4 heteroatoms. The first-order chi connectivity index (χ1) is 9.16. The molecule has 1 aromatic carbocycles. The molecule has 1 aliphatic rings. The molecule has 102 valence electrons. The fourth-order valence-corrected chi connectivity index (χ4v) is 2.11. The van der Waals surface area contributed by atoms with Crippen LogP contribution in [0.15, 0.2) is 42.5 Å². The monoisotopic (exact) mass is 260 g/mol. The molecule has 2 N–H and O–H groups in total. The fourth-order valence-electron chi connectivity index (χ4n) is 2.11. The molecule has 0 bridgehead atoms. The van der Waals surface area contributed by atoms with Crippen LogP contribution in [0, 0.1) is 0 Å². The second-order valence-electron chi connectivity index (χ2n) is 4.87. The summed E-state index contributed by atoms with van der Waals surface area (Å²) in [4.78, 5) is 13.7. The molecular formula is C15H20N2O2. The highest BCUT2D eigenvalue weighted by Gasteiger charge is 2.22. The highest BCUT2D eigenvalue weighted by Crippen LogP contribution is 2.14. The summed E-state index contributed by atoms with van der Waals surface area (Å²) < 4.78 is 5.31. The summed E-state index contributed by atoms with van der Waals surface area (Å²) in [7, 11) is 0. The van der Waals surface area contributed by atoms with Crippen molar-refractivity contribution in [3.8, 4) is 0 Å². The van der Waals surface area contributed by atoms with Crippen molar-refractivity contribution in [2.45, 2.75) is 25.5 Å². The van der Waals surface area contributed by atoms with Gasteiger partial charge in [-0.25, -0.2) is 4.79 Å². The van der Waals surface area contributed by atoms with E-state index in [2.05, 4.69) is 6.58 Å². The average Bonchev–Trinajstić information content (AvgIpc) is 2.60. The molecule has 2 rings (SSSR count). The molecule has 1 aliphatic heterocycles. The molecule has 1 saturated heterocycles. The Morgan fingerprint density at radius 2 is 2.16 bits per heavy atom. The van der Waals surface area contributed by atoms with E-state index in [0.29, 0.717) is 19.7 Å². The van der Waals surface area contributed by atoms with Gasteiger partial charge in [-0.1, -0.05) is 36.9 Å². The summed E-state index contributed by atoms with van der Waals surface area (Å²) in [5, 5.41) is 0. The number of likely N-dealkylation sites (tertiary alicyclic amines) is 1. The third kappa shape index (κ3) is 3.83. The molecular weight excluding hydrogens is 240 g/mol. The Balaban J connectivity index is 1.87. The Morgan fingerprint density at radius 3 is 2.89 bits per heavy atom. The van der Waals surface area contributed by atoms with Gasteiger partial charge < -0.3 is 15.4 Å². The zero-order chi connectivity index (χ0) is 13.7. The number of hydrogen-bond donors (Lipinski definition) is 1. The normalized spacial score (nSPS) is 19.9. The van der Waals surface area contributed by atoms with E-state index in [9.17, 15) is 4.79 Å². The maximum atomic E-state index is 12.0. The van der Waals surface area contributed by atoms with Gasteiger partial charge in [0.2, 0.25) is 0 Å². The van der Waals surface area contributed by atoms with Crippen molar-refractivity contribution in [3.63, 3.8) is 0 Å². The second-order valence-corrected chi connectivity index (χ2v) is 4.87. The Hall–Kier alpha value is -1.81. The maximum absolute atomic E-state index is 12.0. The molecule has 0 radical (unpaired) electrons. The van der Waals surface area contributed by atoms with E-state index in [1.54, 1.807) is 4.90 Å². The van der Waals surface area contributed by atoms with Gasteiger partial charge in [-0.3, -0.25) is 0 Å². The number of nitrogens with two attached hydrogens (primary N) is 1. The molecule has 0 spiro atoms. The number of carbonyl (C=O) groups is 1. The number of ether oxygens (including phenoxy) is 1. The van der Waals surface area contributed by atoms with Crippen LogP contribution >= 0.6 is 0 Å². The SMILES string of the molecule is C=C1CN(C(=O)OCc2ccccc2)CCC[C@@H]1N. The van der Waals surface area contributed by atoms with Gasteiger partial charge in [-0.15, -0.1) is 0 Å². The second kappa shape index (κ2) is 6.38. The molecule has 0 aliphatic carbocycles. The van der Waals surface area contributed by atoms with Crippen molar-refractivity contribution in [2.75, 3.05) is 13.1 Å². The van der Waals surface area contributed by atoms with Crippen LogP contribution in [0.3, 0.4) is 0 Å².